The fraction of sp³-hybridized carbons (Fsp3) is 0.550. The number of nitrogens with zero attached hydrogens (tertiary/aromatic N) is 2. The van der Waals surface area contributed by atoms with Gasteiger partial charge in [0.05, 0.1) is 24.9 Å². The van der Waals surface area contributed by atoms with Gasteiger partial charge < -0.3 is 19.8 Å². The predicted octanol–water partition coefficient (Wildman–Crippen LogP) is 1.35. The number of benzene rings is 1. The zero-order valence-electron chi connectivity index (χ0n) is 16.8. The van der Waals surface area contributed by atoms with Crippen LogP contribution < -0.4 is 10.2 Å². The van der Waals surface area contributed by atoms with E-state index in [2.05, 4.69) is 5.32 Å². The molecule has 1 N–H and O–H groups in total. The molecule has 1 aromatic carbocycles. The van der Waals surface area contributed by atoms with Gasteiger partial charge in [0.1, 0.15) is 5.82 Å². The van der Waals surface area contributed by atoms with Gasteiger partial charge in [0.2, 0.25) is 5.91 Å². The number of nitrogens with one attached hydrogen (secondary N) is 1. The minimum absolute atomic E-state index is 0.0505. The van der Waals surface area contributed by atoms with Gasteiger partial charge in [-0.3, -0.25) is 9.59 Å². The summed E-state index contributed by atoms with van der Waals surface area (Å²) in [6.07, 6.45) is 0. The van der Waals surface area contributed by atoms with Gasteiger partial charge in [-0.1, -0.05) is 13.8 Å². The van der Waals surface area contributed by atoms with Crippen LogP contribution in [0, 0.1) is 17.7 Å². The van der Waals surface area contributed by atoms with Crippen molar-refractivity contribution in [3.05, 3.63) is 29.6 Å². The molecule has 2 amide bonds. The average Bonchev–Trinajstić information content (AvgIpc) is 3.05. The summed E-state index contributed by atoms with van der Waals surface area (Å²) in [6.45, 7) is 7.85. The smallest absolute Gasteiger partial charge is 0.347 e. The summed E-state index contributed by atoms with van der Waals surface area (Å²) in [4.78, 5) is 44.6. The summed E-state index contributed by atoms with van der Waals surface area (Å²) in [5.74, 6) is -3.80. The lowest BCUT2D eigenvalue weighted by Gasteiger charge is -2.29. The van der Waals surface area contributed by atoms with E-state index in [-0.39, 0.29) is 11.5 Å². The summed E-state index contributed by atoms with van der Waals surface area (Å²) in [5.41, 5.74) is 0.443. The van der Waals surface area contributed by atoms with Crippen molar-refractivity contribution in [2.45, 2.75) is 26.8 Å². The number of carbonyl (C=O) groups is 3. The summed E-state index contributed by atoms with van der Waals surface area (Å²) in [7, 11) is 0. The summed E-state index contributed by atoms with van der Waals surface area (Å²) >= 11 is 0. The molecule has 2 aliphatic rings. The number of morpholine rings is 1. The molecule has 2 fully saturated rings. The standard InChI is InChI=1S/C20H26FN3O5/c1-4-22-18(25)16-17(12(2)3)24(29-20(16)27)19(26)13-5-6-15(14(21)11-13)23-7-9-28-10-8-23/h5-6,11-12,16-17H,4,7-10H2,1-3H3,(H,22,25). The minimum atomic E-state index is -1.11. The molecule has 2 atom stereocenters. The molecule has 0 spiro atoms. The van der Waals surface area contributed by atoms with Gasteiger partial charge in [-0.15, -0.1) is 0 Å². The van der Waals surface area contributed by atoms with Crippen molar-refractivity contribution in [3.63, 3.8) is 0 Å². The molecular weight excluding hydrogens is 381 g/mol. The minimum Gasteiger partial charge on any atom is -0.378 e. The molecular formula is C20H26FN3O5. The molecule has 2 saturated heterocycles. The van der Waals surface area contributed by atoms with Crippen molar-refractivity contribution in [2.24, 2.45) is 11.8 Å². The van der Waals surface area contributed by atoms with Crippen LogP contribution in [0.1, 0.15) is 31.1 Å². The molecule has 0 saturated carbocycles. The van der Waals surface area contributed by atoms with Crippen LogP contribution in [0.15, 0.2) is 18.2 Å². The van der Waals surface area contributed by atoms with Gasteiger partial charge in [-0.25, -0.2) is 9.18 Å². The van der Waals surface area contributed by atoms with Crippen LogP contribution in [-0.2, 0) is 19.2 Å². The topological polar surface area (TPSA) is 88.2 Å². The number of anilines is 1. The Bertz CT molecular complexity index is 794. The van der Waals surface area contributed by atoms with Crippen molar-refractivity contribution < 1.29 is 28.3 Å². The third-order valence-electron chi connectivity index (χ3n) is 5.12. The third-order valence-corrected chi connectivity index (χ3v) is 5.12. The quantitative estimate of drug-likeness (QED) is 0.742. The first-order valence-electron chi connectivity index (χ1n) is 9.80. The lowest BCUT2D eigenvalue weighted by molar-refractivity contribution is -0.165. The zero-order chi connectivity index (χ0) is 21.1. The van der Waals surface area contributed by atoms with E-state index < -0.39 is 35.6 Å². The number of ether oxygens (including phenoxy) is 1. The number of hydrogen-bond donors (Lipinski definition) is 1. The maximum atomic E-state index is 14.7. The fourth-order valence-electron chi connectivity index (χ4n) is 3.70. The highest BCUT2D eigenvalue weighted by Gasteiger charge is 2.51. The van der Waals surface area contributed by atoms with E-state index in [1.165, 1.54) is 12.1 Å². The van der Waals surface area contributed by atoms with Gasteiger partial charge in [-0.2, -0.15) is 5.06 Å². The lowest BCUT2D eigenvalue weighted by atomic mass is 9.90. The Morgan fingerprint density at radius 1 is 1.28 bits per heavy atom. The molecule has 0 bridgehead atoms. The number of hydrogen-bond acceptors (Lipinski definition) is 6. The molecule has 0 radical (unpaired) electrons. The van der Waals surface area contributed by atoms with E-state index in [0.717, 1.165) is 11.1 Å². The Labute approximate surface area is 168 Å². The van der Waals surface area contributed by atoms with Crippen molar-refractivity contribution in [1.82, 2.24) is 10.4 Å². The van der Waals surface area contributed by atoms with Crippen molar-refractivity contribution in [1.29, 1.82) is 0 Å². The summed E-state index contributed by atoms with van der Waals surface area (Å²) < 4.78 is 20.0. The van der Waals surface area contributed by atoms with E-state index in [1.807, 2.05) is 4.90 Å². The molecule has 1 aromatic rings. The second-order valence-corrected chi connectivity index (χ2v) is 7.41. The van der Waals surface area contributed by atoms with Crippen molar-refractivity contribution in [2.75, 3.05) is 37.7 Å². The van der Waals surface area contributed by atoms with Gasteiger partial charge in [0.25, 0.3) is 5.91 Å². The number of amides is 2. The molecule has 158 valence electrons. The van der Waals surface area contributed by atoms with Crippen molar-refractivity contribution in [3.8, 4) is 0 Å². The Kier molecular flexibility index (Phi) is 6.36. The van der Waals surface area contributed by atoms with Gasteiger partial charge in [0, 0.05) is 25.2 Å². The van der Waals surface area contributed by atoms with Crippen LogP contribution >= 0.6 is 0 Å². The molecule has 2 heterocycles. The fourth-order valence-corrected chi connectivity index (χ4v) is 3.70. The van der Waals surface area contributed by atoms with Crippen LogP contribution in [-0.4, -0.2) is 61.7 Å². The Morgan fingerprint density at radius 2 is 1.97 bits per heavy atom. The van der Waals surface area contributed by atoms with Crippen LogP contribution in [0.4, 0.5) is 10.1 Å². The van der Waals surface area contributed by atoms with E-state index in [4.69, 9.17) is 9.57 Å². The summed E-state index contributed by atoms with van der Waals surface area (Å²) in [5, 5.41) is 3.51. The lowest BCUT2D eigenvalue weighted by Crippen LogP contribution is -2.46. The van der Waals surface area contributed by atoms with Crippen LogP contribution in [0.3, 0.4) is 0 Å². The Hall–Kier alpha value is -2.68. The first-order chi connectivity index (χ1) is 13.8. The molecule has 29 heavy (non-hydrogen) atoms. The van der Waals surface area contributed by atoms with Gasteiger partial charge >= 0.3 is 5.97 Å². The molecule has 2 aliphatic heterocycles. The normalized spacial score (nSPS) is 22.0. The van der Waals surface area contributed by atoms with E-state index in [1.54, 1.807) is 20.8 Å². The Morgan fingerprint density at radius 3 is 2.55 bits per heavy atom. The first kappa shape index (κ1) is 21.0. The monoisotopic (exact) mass is 407 g/mol. The third kappa shape index (κ3) is 4.19. The zero-order valence-corrected chi connectivity index (χ0v) is 16.8. The summed E-state index contributed by atoms with van der Waals surface area (Å²) in [6, 6.07) is 3.40. The largest absolute Gasteiger partial charge is 0.378 e. The van der Waals surface area contributed by atoms with Crippen molar-refractivity contribution >= 4 is 23.5 Å². The van der Waals surface area contributed by atoms with Crippen LogP contribution in [0.25, 0.3) is 0 Å². The van der Waals surface area contributed by atoms with Gasteiger partial charge in [0.15, 0.2) is 5.92 Å². The highest BCUT2D eigenvalue weighted by molar-refractivity contribution is 6.03. The van der Waals surface area contributed by atoms with E-state index in [9.17, 15) is 18.8 Å². The SMILES string of the molecule is CCNC(=O)C1C(=O)ON(C(=O)c2ccc(N3CCOCC3)c(F)c2)C1C(C)C. The second kappa shape index (κ2) is 8.77. The van der Waals surface area contributed by atoms with Crippen LogP contribution in [0.2, 0.25) is 0 Å². The molecule has 0 aromatic heterocycles. The number of carbonyl (C=O) groups excluding carboxylic acids is 3. The van der Waals surface area contributed by atoms with Crippen LogP contribution in [0.5, 0.6) is 0 Å². The maximum Gasteiger partial charge on any atom is 0.347 e. The number of halogens is 1. The first-order valence-corrected chi connectivity index (χ1v) is 9.80. The maximum absolute atomic E-state index is 14.7. The van der Waals surface area contributed by atoms with E-state index >= 15 is 0 Å². The number of hydroxylamine groups is 2. The Balaban J connectivity index is 1.84. The molecule has 8 nitrogen and oxygen atoms in total. The molecule has 9 heteroatoms. The predicted molar refractivity (Wildman–Crippen MR) is 102 cm³/mol. The molecule has 3 rings (SSSR count). The molecule has 0 aliphatic carbocycles. The van der Waals surface area contributed by atoms with E-state index in [0.29, 0.717) is 38.5 Å². The highest BCUT2D eigenvalue weighted by Crippen LogP contribution is 2.31. The average molecular weight is 407 g/mol. The highest BCUT2D eigenvalue weighted by atomic mass is 19.1. The van der Waals surface area contributed by atoms with Gasteiger partial charge in [-0.05, 0) is 31.0 Å². The second-order valence-electron chi connectivity index (χ2n) is 7.41. The number of rotatable bonds is 5. The molecule has 2 unspecified atom stereocenters.